The van der Waals surface area contributed by atoms with E-state index in [0.29, 0.717) is 40.9 Å². The highest BCUT2D eigenvalue weighted by atomic mass is 32.1. The molecule has 116 valence electrons. The number of rotatable bonds is 4. The van der Waals surface area contributed by atoms with Crippen LogP contribution in [0.4, 0.5) is 0 Å². The SMILES string of the molecule is CCc1nc2sc3c(c2c(=O)n1CC(C)=O)C(C(=O)O)CC3. The molecule has 2 aromatic heterocycles. The van der Waals surface area contributed by atoms with Gasteiger partial charge in [0.1, 0.15) is 16.4 Å². The van der Waals surface area contributed by atoms with Gasteiger partial charge >= 0.3 is 5.97 Å². The number of hydrogen-bond donors (Lipinski definition) is 1. The van der Waals surface area contributed by atoms with Crippen LogP contribution in [-0.2, 0) is 29.0 Å². The molecule has 1 unspecified atom stereocenters. The Morgan fingerprint density at radius 2 is 2.18 bits per heavy atom. The molecule has 6 nitrogen and oxygen atoms in total. The molecule has 2 heterocycles. The van der Waals surface area contributed by atoms with Gasteiger partial charge in [-0.3, -0.25) is 19.0 Å². The quantitative estimate of drug-likeness (QED) is 0.926. The molecule has 2 aromatic rings. The number of Topliss-reactive ketones (excluding diaryl/α,β-unsaturated/α-hetero) is 1. The van der Waals surface area contributed by atoms with Gasteiger partial charge in [-0.1, -0.05) is 6.92 Å². The minimum absolute atomic E-state index is 0.0205. The molecule has 1 aliphatic rings. The second-order valence-electron chi connectivity index (χ2n) is 5.52. The Kier molecular flexibility index (Phi) is 3.60. The monoisotopic (exact) mass is 320 g/mol. The van der Waals surface area contributed by atoms with Gasteiger partial charge in [0.2, 0.25) is 0 Å². The summed E-state index contributed by atoms with van der Waals surface area (Å²) in [4.78, 5) is 41.7. The standard InChI is InChI=1S/C15H16N2O4S/c1-3-10-16-13-12(14(19)17(10)6-7(2)18)11-8(15(20)21)4-5-9(11)22-13/h8H,3-6H2,1-2H3,(H,20,21). The van der Waals surface area contributed by atoms with E-state index in [1.807, 2.05) is 6.92 Å². The van der Waals surface area contributed by atoms with Crippen LogP contribution < -0.4 is 5.56 Å². The molecule has 0 amide bonds. The summed E-state index contributed by atoms with van der Waals surface area (Å²) >= 11 is 1.41. The van der Waals surface area contributed by atoms with Crippen molar-refractivity contribution in [2.24, 2.45) is 0 Å². The van der Waals surface area contributed by atoms with Gasteiger partial charge in [-0.05, 0) is 25.3 Å². The molecule has 0 bridgehead atoms. The van der Waals surface area contributed by atoms with Crippen molar-refractivity contribution in [3.05, 3.63) is 26.6 Å². The molecule has 1 N–H and O–H groups in total. The van der Waals surface area contributed by atoms with E-state index in [9.17, 15) is 19.5 Å². The Hall–Kier alpha value is -2.02. The minimum atomic E-state index is -0.907. The summed E-state index contributed by atoms with van der Waals surface area (Å²) < 4.78 is 1.38. The largest absolute Gasteiger partial charge is 0.481 e. The van der Waals surface area contributed by atoms with Crippen LogP contribution in [0.5, 0.6) is 0 Å². The fourth-order valence-corrected chi connectivity index (χ4v) is 4.33. The molecule has 0 aromatic carbocycles. The fourth-order valence-electron chi connectivity index (χ4n) is 3.07. The Balaban J connectivity index is 2.32. The van der Waals surface area contributed by atoms with Gasteiger partial charge < -0.3 is 5.11 Å². The predicted octanol–water partition coefficient (Wildman–Crippen LogP) is 1.72. The number of carboxylic acids is 1. The molecule has 1 aliphatic carbocycles. The number of carbonyl (C=O) groups is 2. The molecule has 1 atom stereocenters. The highest BCUT2D eigenvalue weighted by molar-refractivity contribution is 7.18. The third-order valence-electron chi connectivity index (χ3n) is 4.01. The maximum absolute atomic E-state index is 12.8. The lowest BCUT2D eigenvalue weighted by molar-refractivity contribution is -0.138. The molecule has 0 saturated carbocycles. The number of carboxylic acid groups (broad SMARTS) is 1. The van der Waals surface area contributed by atoms with Crippen LogP contribution in [0.2, 0.25) is 0 Å². The first kappa shape index (κ1) is 14.9. The number of hydrogen-bond acceptors (Lipinski definition) is 5. The van der Waals surface area contributed by atoms with Gasteiger partial charge in [-0.15, -0.1) is 11.3 Å². The zero-order chi connectivity index (χ0) is 16.0. The summed E-state index contributed by atoms with van der Waals surface area (Å²) in [6.07, 6.45) is 1.73. The number of carbonyl (C=O) groups excluding carboxylic acids is 1. The van der Waals surface area contributed by atoms with Crippen molar-refractivity contribution < 1.29 is 14.7 Å². The first-order valence-electron chi connectivity index (χ1n) is 7.21. The topological polar surface area (TPSA) is 89.3 Å². The molecule has 0 aliphatic heterocycles. The van der Waals surface area contributed by atoms with Gasteiger partial charge in [-0.25, -0.2) is 4.98 Å². The number of aromatic nitrogens is 2. The van der Waals surface area contributed by atoms with Gasteiger partial charge in [0.25, 0.3) is 5.56 Å². The summed E-state index contributed by atoms with van der Waals surface area (Å²) in [7, 11) is 0. The van der Waals surface area contributed by atoms with Crippen LogP contribution in [0.15, 0.2) is 4.79 Å². The van der Waals surface area contributed by atoms with Crippen molar-refractivity contribution in [1.82, 2.24) is 9.55 Å². The molecular weight excluding hydrogens is 304 g/mol. The summed E-state index contributed by atoms with van der Waals surface area (Å²) in [5, 5.41) is 9.76. The molecule has 0 saturated heterocycles. The van der Waals surface area contributed by atoms with E-state index >= 15 is 0 Å². The Bertz CT molecular complexity index is 849. The van der Waals surface area contributed by atoms with Crippen LogP contribution >= 0.6 is 11.3 Å². The van der Waals surface area contributed by atoms with E-state index in [2.05, 4.69) is 4.98 Å². The van der Waals surface area contributed by atoms with Gasteiger partial charge in [0.15, 0.2) is 0 Å². The summed E-state index contributed by atoms with van der Waals surface area (Å²) in [6.45, 7) is 3.28. The molecule has 0 radical (unpaired) electrons. The Labute approximate surface area is 130 Å². The average molecular weight is 320 g/mol. The van der Waals surface area contributed by atoms with E-state index in [-0.39, 0.29) is 17.9 Å². The van der Waals surface area contributed by atoms with Crippen molar-refractivity contribution in [2.45, 2.75) is 45.6 Å². The number of aryl methyl sites for hydroxylation is 2. The van der Waals surface area contributed by atoms with Crippen molar-refractivity contribution in [2.75, 3.05) is 0 Å². The molecule has 0 fully saturated rings. The second-order valence-corrected chi connectivity index (χ2v) is 6.61. The predicted molar refractivity (Wildman–Crippen MR) is 82.6 cm³/mol. The molecule has 7 heteroatoms. The second kappa shape index (κ2) is 5.31. The number of ketones is 1. The molecule has 22 heavy (non-hydrogen) atoms. The molecular formula is C15H16N2O4S. The van der Waals surface area contributed by atoms with Crippen LogP contribution in [0.3, 0.4) is 0 Å². The van der Waals surface area contributed by atoms with Crippen molar-refractivity contribution in [3.63, 3.8) is 0 Å². The zero-order valence-corrected chi connectivity index (χ0v) is 13.2. The van der Waals surface area contributed by atoms with Crippen LogP contribution in [0.25, 0.3) is 10.2 Å². The van der Waals surface area contributed by atoms with E-state index in [1.165, 1.54) is 22.8 Å². The number of aliphatic carboxylic acids is 1. The van der Waals surface area contributed by atoms with Crippen LogP contribution in [-0.4, -0.2) is 26.4 Å². The van der Waals surface area contributed by atoms with Crippen molar-refractivity contribution in [3.8, 4) is 0 Å². The maximum Gasteiger partial charge on any atom is 0.311 e. The lowest BCUT2D eigenvalue weighted by atomic mass is 10.0. The Morgan fingerprint density at radius 1 is 1.45 bits per heavy atom. The van der Waals surface area contributed by atoms with Gasteiger partial charge in [0, 0.05) is 11.3 Å². The van der Waals surface area contributed by atoms with E-state index < -0.39 is 11.9 Å². The van der Waals surface area contributed by atoms with Crippen molar-refractivity contribution >= 4 is 33.3 Å². The summed E-state index contributed by atoms with van der Waals surface area (Å²) in [5.74, 6) is -1.11. The van der Waals surface area contributed by atoms with Crippen LogP contribution in [0, 0.1) is 0 Å². The zero-order valence-electron chi connectivity index (χ0n) is 12.4. The Morgan fingerprint density at radius 3 is 2.77 bits per heavy atom. The third-order valence-corrected chi connectivity index (χ3v) is 5.17. The van der Waals surface area contributed by atoms with Gasteiger partial charge in [0.05, 0.1) is 17.8 Å². The first-order chi connectivity index (χ1) is 10.4. The maximum atomic E-state index is 12.8. The van der Waals surface area contributed by atoms with Crippen molar-refractivity contribution in [1.29, 1.82) is 0 Å². The number of nitrogens with zero attached hydrogens (tertiary/aromatic N) is 2. The van der Waals surface area contributed by atoms with E-state index in [1.54, 1.807) is 0 Å². The lowest BCUT2D eigenvalue weighted by Crippen LogP contribution is -2.28. The van der Waals surface area contributed by atoms with Gasteiger partial charge in [-0.2, -0.15) is 0 Å². The van der Waals surface area contributed by atoms with E-state index in [4.69, 9.17) is 0 Å². The number of thiophene rings is 1. The summed E-state index contributed by atoms with van der Waals surface area (Å²) in [5.41, 5.74) is 0.327. The minimum Gasteiger partial charge on any atom is -0.481 e. The highest BCUT2D eigenvalue weighted by Crippen LogP contribution is 2.42. The average Bonchev–Trinajstić information content (AvgIpc) is 2.99. The molecule has 3 rings (SSSR count). The smallest absolute Gasteiger partial charge is 0.311 e. The molecule has 0 spiro atoms. The third kappa shape index (κ3) is 2.16. The van der Waals surface area contributed by atoms with Crippen LogP contribution in [0.1, 0.15) is 42.5 Å². The fraction of sp³-hybridized carbons (Fsp3) is 0.467. The normalized spacial score (nSPS) is 16.9. The lowest BCUT2D eigenvalue weighted by Gasteiger charge is -2.11. The summed E-state index contributed by atoms with van der Waals surface area (Å²) in [6, 6.07) is 0. The van der Waals surface area contributed by atoms with E-state index in [0.717, 1.165) is 4.88 Å². The first-order valence-corrected chi connectivity index (χ1v) is 8.02. The highest BCUT2D eigenvalue weighted by Gasteiger charge is 2.34. The number of fused-ring (bicyclic) bond motifs is 3.